The summed E-state index contributed by atoms with van der Waals surface area (Å²) in [6, 6.07) is 140. The van der Waals surface area contributed by atoms with Crippen LogP contribution in [0.5, 0.6) is 0 Å². The number of nitriles is 5. The van der Waals surface area contributed by atoms with E-state index in [-0.39, 0.29) is 32.5 Å². The van der Waals surface area contributed by atoms with Crippen molar-refractivity contribution in [3.63, 3.8) is 0 Å². The molecule has 0 N–H and O–H groups in total. The second-order valence-electron chi connectivity index (χ2n) is 46.1. The fourth-order valence-electron chi connectivity index (χ4n) is 22.3. The van der Waals surface area contributed by atoms with Crippen LogP contribution in [0.2, 0.25) is 0 Å². The average Bonchev–Trinajstić information content (AvgIpc) is 1.56. The molecule has 24 rings (SSSR count). The largest absolute Gasteiger partial charge is 0.309 e. The van der Waals surface area contributed by atoms with Crippen LogP contribution in [0.4, 0.5) is 5.69 Å². The molecule has 6 aromatic heterocycles. The number of para-hydroxylation sites is 6. The molecule has 12 nitrogen and oxygen atoms in total. The minimum atomic E-state index is -0.0240. The van der Waals surface area contributed by atoms with E-state index in [4.69, 9.17) is 6.57 Å². The highest BCUT2D eigenvalue weighted by Crippen LogP contribution is 2.51. The normalized spacial score (nSPS) is 12.2. The van der Waals surface area contributed by atoms with Crippen LogP contribution in [0.25, 0.3) is 203 Å². The highest BCUT2D eigenvalue weighted by Gasteiger charge is 2.32. The molecule has 0 unspecified atom stereocenters. The second kappa shape index (κ2) is 36.4. The van der Waals surface area contributed by atoms with E-state index in [2.05, 4.69) is 478 Å². The van der Waals surface area contributed by atoms with Gasteiger partial charge in [0, 0.05) is 104 Å². The van der Waals surface area contributed by atoms with E-state index in [0.29, 0.717) is 39.1 Å². The Morgan fingerprint density at radius 3 is 0.767 bits per heavy atom. The SMILES string of the molecule is CC(C)(C)c1ccc2c(c1)c1cc(C(C)(C)C)ccc1n2-c1cc2c3ccccc3n(-c3ccccc3)c2cc1-c1cc(C#N)cc(C#N)c1.CC(C)(C)c1ccc2c(c1)c1cc(C(C)(C)C)ccc1n2-c1cc2c3ccccc3n(-c3ccccc3)c2cc1-c1ccc(C#N)c(C#N)c1.[C-]#[N+]c1cccc(C#N)c1-c1cc2c(cc1-n1c3ccc(C(C)(C)C)cc3c3cc(C(C)(C)C)ccc31)c1ccccc1n2-c1ccccc1. The molecule has 0 bridgehead atoms. The molecule has 12 heteroatoms. The topological polar surface area (TPSA) is 153 Å². The van der Waals surface area contributed by atoms with E-state index < -0.39 is 0 Å². The van der Waals surface area contributed by atoms with Crippen LogP contribution in [0.3, 0.4) is 0 Å². The monoisotopic (exact) mass is 1940 g/mol. The Bertz CT molecular complexity index is 9730. The molecule has 0 aliphatic heterocycles. The van der Waals surface area contributed by atoms with Gasteiger partial charge in [0.05, 0.1) is 130 Å². The summed E-state index contributed by atoms with van der Waals surface area (Å²) in [5.41, 5.74) is 34.7. The average molecular weight is 1940 g/mol. The van der Waals surface area contributed by atoms with Crippen LogP contribution in [-0.4, -0.2) is 27.4 Å². The number of rotatable bonds is 9. The molecule has 6 heterocycles. The minimum absolute atomic E-state index is 0.0101. The van der Waals surface area contributed by atoms with Crippen LogP contribution in [0.1, 0.15) is 186 Å². The first-order valence-electron chi connectivity index (χ1n) is 51.4. The third kappa shape index (κ3) is 16.6. The zero-order valence-electron chi connectivity index (χ0n) is 88.0. The van der Waals surface area contributed by atoms with E-state index in [1.807, 2.05) is 54.6 Å². The lowest BCUT2D eigenvalue weighted by molar-refractivity contribution is 0.590. The number of aromatic nitrogens is 6. The quantitative estimate of drug-likeness (QED) is 0.132. The first kappa shape index (κ1) is 96.5. The molecule has 18 aromatic carbocycles. The van der Waals surface area contributed by atoms with Gasteiger partial charge >= 0.3 is 0 Å². The van der Waals surface area contributed by atoms with Gasteiger partial charge in [-0.25, -0.2) is 4.85 Å². The maximum Gasteiger partial charge on any atom is 0.196 e. The van der Waals surface area contributed by atoms with Crippen molar-refractivity contribution in [2.24, 2.45) is 0 Å². The molecule has 726 valence electrons. The summed E-state index contributed by atoms with van der Waals surface area (Å²) < 4.78 is 14.1. The highest BCUT2D eigenvalue weighted by atomic mass is 15.0. The van der Waals surface area contributed by atoms with Crippen molar-refractivity contribution in [1.29, 1.82) is 26.3 Å². The van der Waals surface area contributed by atoms with Crippen LogP contribution >= 0.6 is 0 Å². The Kier molecular flexibility index (Phi) is 23.4. The van der Waals surface area contributed by atoms with Crippen molar-refractivity contribution >= 4 is 137 Å². The molecule has 0 saturated carbocycles. The van der Waals surface area contributed by atoms with Gasteiger partial charge in [-0.1, -0.05) is 288 Å². The lowest BCUT2D eigenvalue weighted by Crippen LogP contribution is -2.10. The number of hydrogen-bond donors (Lipinski definition) is 0. The van der Waals surface area contributed by atoms with Crippen molar-refractivity contribution in [3.8, 4) is 97.9 Å². The Balaban J connectivity index is 0.000000127. The first-order valence-corrected chi connectivity index (χ1v) is 51.4. The molecular formula is C138H114N12. The van der Waals surface area contributed by atoms with E-state index in [9.17, 15) is 26.3 Å². The summed E-state index contributed by atoms with van der Waals surface area (Å²) in [7, 11) is 0. The summed E-state index contributed by atoms with van der Waals surface area (Å²) in [5.74, 6) is 0. The smallest absolute Gasteiger partial charge is 0.196 e. The molecule has 0 radical (unpaired) electrons. The number of hydrogen-bond acceptors (Lipinski definition) is 5. The zero-order valence-corrected chi connectivity index (χ0v) is 88.0. The Morgan fingerprint density at radius 1 is 0.200 bits per heavy atom. The van der Waals surface area contributed by atoms with Gasteiger partial charge in [0.15, 0.2) is 5.69 Å². The van der Waals surface area contributed by atoms with Crippen molar-refractivity contribution in [1.82, 2.24) is 27.4 Å². The zero-order chi connectivity index (χ0) is 105. The summed E-state index contributed by atoms with van der Waals surface area (Å²) in [6.07, 6.45) is 0. The van der Waals surface area contributed by atoms with E-state index in [0.717, 1.165) is 155 Å². The molecule has 0 spiro atoms. The van der Waals surface area contributed by atoms with Gasteiger partial charge in [0.1, 0.15) is 12.1 Å². The van der Waals surface area contributed by atoms with Gasteiger partial charge in [-0.05, 0) is 283 Å². The Labute approximate surface area is 875 Å². The molecule has 0 aliphatic rings. The third-order valence-corrected chi connectivity index (χ3v) is 30.3. The molecule has 150 heavy (non-hydrogen) atoms. The second-order valence-corrected chi connectivity index (χ2v) is 46.1. The summed E-state index contributed by atoms with van der Waals surface area (Å²) in [4.78, 5) is 3.97. The van der Waals surface area contributed by atoms with Crippen LogP contribution in [-0.2, 0) is 32.5 Å². The van der Waals surface area contributed by atoms with Gasteiger partial charge in [0.2, 0.25) is 0 Å². The minimum Gasteiger partial charge on any atom is -0.309 e. The summed E-state index contributed by atoms with van der Waals surface area (Å²) >= 11 is 0. The fraction of sp³-hybridized carbons (Fsp3) is 0.174. The van der Waals surface area contributed by atoms with E-state index >= 15 is 0 Å². The number of benzene rings is 18. The van der Waals surface area contributed by atoms with Gasteiger partial charge in [-0.3, -0.25) is 0 Å². The molecular weight excluding hydrogens is 1830 g/mol. The molecule has 0 saturated heterocycles. The molecule has 0 fully saturated rings. The first-order chi connectivity index (χ1) is 71.9. The Hall–Kier alpha value is -18.3. The lowest BCUT2D eigenvalue weighted by Gasteiger charge is -2.20. The van der Waals surface area contributed by atoms with Crippen molar-refractivity contribution < 1.29 is 0 Å². The molecule has 0 atom stereocenters. The standard InChI is InChI=1S/3C46H38N4/c1-45(2,3)30-20-22-40-34(24-30)35-25-31(46(4,5)6)21-23-41(35)50(40)43-26-36-33-17-11-12-19-39(33)49(32-15-9-8-10-16-32)42(36)27-37(43)44-29(28-47)14-13-18-38(44)48-7;1-45(2,3)32-16-18-41-37(23-32)38-24-33(46(4,5)6)17-19-42(38)50(41)43-26-39-35-14-10-11-15-40(35)49(34-12-8-7-9-13-34)44(39)25-36(43)31-21-29(27-47)20-30(22-31)28-48;1-45(2,3)32-18-20-41-37(23-32)38-24-33(46(4,5)6)19-21-42(38)50(41)43-26-39-35-14-10-11-15-40(35)49(34-12-8-7-9-13-34)44(39)25-36(43)29-16-17-30(27-47)31(22-29)28-48/h8-27H,1-6H3;2*7-26H,1-6H3. The van der Waals surface area contributed by atoms with Gasteiger partial charge in [-0.2, -0.15) is 26.3 Å². The van der Waals surface area contributed by atoms with Crippen molar-refractivity contribution in [2.45, 2.75) is 157 Å². The van der Waals surface area contributed by atoms with Gasteiger partial charge in [0.25, 0.3) is 0 Å². The van der Waals surface area contributed by atoms with Crippen LogP contribution < -0.4 is 0 Å². The summed E-state index contributed by atoms with van der Waals surface area (Å²) in [5, 5.41) is 64.5. The van der Waals surface area contributed by atoms with E-state index in [1.165, 1.54) is 71.1 Å². The highest BCUT2D eigenvalue weighted by molar-refractivity contribution is 6.19. The maximum atomic E-state index is 10.5. The van der Waals surface area contributed by atoms with E-state index in [1.54, 1.807) is 18.2 Å². The van der Waals surface area contributed by atoms with Crippen molar-refractivity contribution in [2.75, 3.05) is 0 Å². The number of nitrogens with zero attached hydrogens (tertiary/aromatic N) is 12. The third-order valence-electron chi connectivity index (χ3n) is 30.3. The van der Waals surface area contributed by atoms with Gasteiger partial charge < -0.3 is 27.4 Å². The van der Waals surface area contributed by atoms with Gasteiger partial charge in [-0.15, -0.1) is 0 Å². The predicted octanol–water partition coefficient (Wildman–Crippen LogP) is 36.3. The van der Waals surface area contributed by atoms with Crippen LogP contribution in [0.15, 0.2) is 364 Å². The molecule has 0 amide bonds. The fourth-order valence-corrected chi connectivity index (χ4v) is 22.3. The number of fused-ring (bicyclic) bond motifs is 18. The maximum absolute atomic E-state index is 10.5. The lowest BCUT2D eigenvalue weighted by atomic mass is 9.85. The Morgan fingerprint density at radius 2 is 0.473 bits per heavy atom. The van der Waals surface area contributed by atoms with Crippen LogP contribution in [0, 0.1) is 63.2 Å². The predicted molar refractivity (Wildman–Crippen MR) is 624 cm³/mol. The van der Waals surface area contributed by atoms with Crippen molar-refractivity contribution in [3.05, 3.63) is 437 Å². The summed E-state index contributed by atoms with van der Waals surface area (Å²) in [6.45, 7) is 48.9. The molecule has 0 aliphatic carbocycles. The molecule has 24 aromatic rings.